The van der Waals surface area contributed by atoms with Gasteiger partial charge in [0.05, 0.1) is 16.3 Å². The van der Waals surface area contributed by atoms with E-state index in [0.717, 1.165) is 27.6 Å². The summed E-state index contributed by atoms with van der Waals surface area (Å²) in [6.07, 6.45) is 0. The smallest absolute Gasteiger partial charge is 0.271 e. The van der Waals surface area contributed by atoms with Crippen molar-refractivity contribution in [2.24, 2.45) is 5.10 Å². The number of para-hydroxylation sites is 2. The maximum Gasteiger partial charge on any atom is 0.289 e. The van der Waals surface area contributed by atoms with Gasteiger partial charge in [-0.2, -0.15) is 5.10 Å². The molecule has 0 aliphatic rings. The highest BCUT2D eigenvalue weighted by atomic mass is 32.2. The van der Waals surface area contributed by atoms with Gasteiger partial charge in [-0.25, -0.2) is 13.8 Å². The Morgan fingerprint density at radius 3 is 2.24 bits per heavy atom. The number of carbonyl (C=O) groups is 1. The number of nitrogens with zero attached hydrogens (tertiary/aromatic N) is 3. The lowest BCUT2D eigenvalue weighted by Gasteiger charge is -2.23. The van der Waals surface area contributed by atoms with Crippen molar-refractivity contribution in [2.75, 3.05) is 10.8 Å². The molecule has 10 heteroatoms. The fourth-order valence-electron chi connectivity index (χ4n) is 3.03. The van der Waals surface area contributed by atoms with Crippen molar-refractivity contribution in [1.82, 2.24) is 5.43 Å². The second kappa shape index (κ2) is 10.0. The van der Waals surface area contributed by atoms with Gasteiger partial charge in [0.1, 0.15) is 6.54 Å². The minimum absolute atomic E-state index is 0.185. The molecule has 170 valence electrons. The highest BCUT2D eigenvalue weighted by Crippen LogP contribution is 2.29. The van der Waals surface area contributed by atoms with Crippen LogP contribution in [0, 0.1) is 17.0 Å². The number of carbonyl (C=O) groups excluding carboxylic acids is 1. The molecule has 0 spiro atoms. The number of rotatable bonds is 8. The number of sulfonamides is 1. The molecular formula is C23H22N4O5S. The maximum absolute atomic E-state index is 13.4. The molecule has 0 unspecified atom stereocenters. The van der Waals surface area contributed by atoms with Crippen molar-refractivity contribution in [2.45, 2.75) is 18.7 Å². The van der Waals surface area contributed by atoms with Crippen LogP contribution in [0.15, 0.2) is 88.9 Å². The fraction of sp³-hybridized carbons (Fsp3) is 0.130. The number of amides is 1. The second-order valence-electron chi connectivity index (χ2n) is 7.17. The lowest BCUT2D eigenvalue weighted by Crippen LogP contribution is -2.40. The summed E-state index contributed by atoms with van der Waals surface area (Å²) in [4.78, 5) is 22.8. The summed E-state index contributed by atoms with van der Waals surface area (Å²) < 4.78 is 27.6. The average Bonchev–Trinajstić information content (AvgIpc) is 2.81. The summed E-state index contributed by atoms with van der Waals surface area (Å²) in [7, 11) is -4.44. The van der Waals surface area contributed by atoms with E-state index in [1.165, 1.54) is 24.3 Å². The van der Waals surface area contributed by atoms with Gasteiger partial charge in [0.25, 0.3) is 21.6 Å². The highest BCUT2D eigenvalue weighted by Gasteiger charge is 2.33. The van der Waals surface area contributed by atoms with Crippen LogP contribution in [0.2, 0.25) is 0 Å². The predicted molar refractivity (Wildman–Crippen MR) is 126 cm³/mol. The molecule has 33 heavy (non-hydrogen) atoms. The molecule has 1 N–H and O–H groups in total. The topological polar surface area (TPSA) is 122 Å². The van der Waals surface area contributed by atoms with Gasteiger partial charge >= 0.3 is 0 Å². The maximum atomic E-state index is 13.4. The van der Waals surface area contributed by atoms with E-state index in [9.17, 15) is 23.3 Å². The van der Waals surface area contributed by atoms with E-state index in [1.54, 1.807) is 25.1 Å². The normalized spacial score (nSPS) is 11.6. The predicted octanol–water partition coefficient (Wildman–Crippen LogP) is 3.64. The highest BCUT2D eigenvalue weighted by molar-refractivity contribution is 7.93. The number of benzene rings is 3. The van der Waals surface area contributed by atoms with Crippen molar-refractivity contribution in [3.63, 3.8) is 0 Å². The molecule has 0 atom stereocenters. The largest absolute Gasteiger partial charge is 0.289 e. The summed E-state index contributed by atoms with van der Waals surface area (Å²) in [6, 6.07) is 20.4. The first-order valence-corrected chi connectivity index (χ1v) is 11.4. The van der Waals surface area contributed by atoms with Gasteiger partial charge in [-0.05, 0) is 37.6 Å². The summed E-state index contributed by atoms with van der Waals surface area (Å²) in [5, 5.41) is 15.5. The molecule has 0 aromatic heterocycles. The van der Waals surface area contributed by atoms with Crippen LogP contribution in [-0.4, -0.2) is 31.5 Å². The number of hydrogen-bond donors (Lipinski definition) is 1. The Bertz CT molecular complexity index is 1290. The average molecular weight is 467 g/mol. The molecule has 3 rings (SSSR count). The summed E-state index contributed by atoms with van der Waals surface area (Å²) >= 11 is 0. The Morgan fingerprint density at radius 2 is 1.61 bits per heavy atom. The molecule has 1 amide bonds. The van der Waals surface area contributed by atoms with E-state index in [0.29, 0.717) is 5.71 Å². The van der Waals surface area contributed by atoms with E-state index in [2.05, 4.69) is 10.5 Å². The number of anilines is 1. The SMILES string of the molecule is C/C(=N/NC(=O)CN(c1ccccc1)S(=O)(=O)c1ccccc1[N+](=O)[O-])c1ccc(C)cc1. The van der Waals surface area contributed by atoms with E-state index in [4.69, 9.17) is 0 Å². The molecule has 0 aliphatic carbocycles. The van der Waals surface area contributed by atoms with Gasteiger partial charge in [-0.1, -0.05) is 60.2 Å². The Hall–Kier alpha value is -4.05. The van der Waals surface area contributed by atoms with E-state index in [1.807, 2.05) is 31.2 Å². The number of hydrogen-bond acceptors (Lipinski definition) is 6. The standard InChI is InChI=1S/C23H22N4O5S/c1-17-12-14-19(15-13-17)18(2)24-25-23(28)16-26(20-8-4-3-5-9-20)33(31,32)22-11-7-6-10-21(22)27(29)30/h3-15H,16H2,1-2H3,(H,25,28)/b24-18-. The van der Waals surface area contributed by atoms with Crippen LogP contribution in [0.4, 0.5) is 11.4 Å². The molecule has 0 aliphatic heterocycles. The quantitative estimate of drug-likeness (QED) is 0.309. The molecule has 3 aromatic rings. The number of nitro groups is 1. The van der Waals surface area contributed by atoms with Crippen LogP contribution in [0.5, 0.6) is 0 Å². The second-order valence-corrected chi connectivity index (χ2v) is 9.00. The van der Waals surface area contributed by atoms with Gasteiger partial charge in [-0.15, -0.1) is 0 Å². The van der Waals surface area contributed by atoms with Crippen LogP contribution in [0.25, 0.3) is 0 Å². The fourth-order valence-corrected chi connectivity index (χ4v) is 4.61. The van der Waals surface area contributed by atoms with Crippen LogP contribution < -0.4 is 9.73 Å². The minimum Gasteiger partial charge on any atom is -0.271 e. The number of hydrazone groups is 1. The van der Waals surface area contributed by atoms with Crippen LogP contribution in [0.3, 0.4) is 0 Å². The molecule has 3 aromatic carbocycles. The van der Waals surface area contributed by atoms with Crippen molar-refractivity contribution in [1.29, 1.82) is 0 Å². The van der Waals surface area contributed by atoms with Crippen molar-refractivity contribution in [3.05, 3.63) is 100 Å². The summed E-state index contributed by atoms with van der Waals surface area (Å²) in [6.45, 7) is 3.04. The first kappa shape index (κ1) is 23.6. The molecule has 0 saturated carbocycles. The first-order chi connectivity index (χ1) is 15.7. The number of aryl methyl sites for hydroxylation is 1. The third-order valence-electron chi connectivity index (χ3n) is 4.78. The molecule has 0 radical (unpaired) electrons. The van der Waals surface area contributed by atoms with Crippen molar-refractivity contribution >= 4 is 33.0 Å². The zero-order chi connectivity index (χ0) is 24.0. The lowest BCUT2D eigenvalue weighted by molar-refractivity contribution is -0.387. The van der Waals surface area contributed by atoms with Crippen molar-refractivity contribution < 1.29 is 18.1 Å². The monoisotopic (exact) mass is 466 g/mol. The Labute approximate surface area is 191 Å². The van der Waals surface area contributed by atoms with Crippen LogP contribution in [-0.2, 0) is 14.8 Å². The van der Waals surface area contributed by atoms with Gasteiger partial charge in [0.15, 0.2) is 4.90 Å². The molecule has 0 fully saturated rings. The number of nitrogens with one attached hydrogen (secondary N) is 1. The van der Waals surface area contributed by atoms with Crippen LogP contribution >= 0.6 is 0 Å². The summed E-state index contributed by atoms with van der Waals surface area (Å²) in [5.74, 6) is -0.701. The molecule has 9 nitrogen and oxygen atoms in total. The van der Waals surface area contributed by atoms with Gasteiger partial charge in [0.2, 0.25) is 0 Å². The third kappa shape index (κ3) is 5.60. The van der Waals surface area contributed by atoms with E-state index < -0.39 is 38.0 Å². The Morgan fingerprint density at radius 1 is 1.00 bits per heavy atom. The van der Waals surface area contributed by atoms with Gasteiger partial charge in [-0.3, -0.25) is 19.2 Å². The van der Waals surface area contributed by atoms with E-state index >= 15 is 0 Å². The Balaban J connectivity index is 1.91. The zero-order valence-corrected chi connectivity index (χ0v) is 18.8. The molecule has 0 heterocycles. The summed E-state index contributed by atoms with van der Waals surface area (Å²) in [5.41, 5.74) is 4.39. The van der Waals surface area contributed by atoms with E-state index in [-0.39, 0.29) is 5.69 Å². The first-order valence-electron chi connectivity index (χ1n) is 9.91. The minimum atomic E-state index is -4.44. The third-order valence-corrected chi connectivity index (χ3v) is 6.60. The van der Waals surface area contributed by atoms with Gasteiger partial charge in [0, 0.05) is 6.07 Å². The van der Waals surface area contributed by atoms with Crippen molar-refractivity contribution in [3.8, 4) is 0 Å². The molecule has 0 saturated heterocycles. The molecular weight excluding hydrogens is 444 g/mol. The zero-order valence-electron chi connectivity index (χ0n) is 18.0. The lowest BCUT2D eigenvalue weighted by atomic mass is 10.1. The molecule has 0 bridgehead atoms. The number of nitro benzene ring substituents is 1. The van der Waals surface area contributed by atoms with Gasteiger partial charge < -0.3 is 0 Å². The Kier molecular flexibility index (Phi) is 7.19. The van der Waals surface area contributed by atoms with Crippen LogP contribution in [0.1, 0.15) is 18.1 Å².